The van der Waals surface area contributed by atoms with E-state index in [1.165, 1.54) is 11.1 Å². The lowest BCUT2D eigenvalue weighted by atomic mass is 10.0. The third-order valence-corrected chi connectivity index (χ3v) is 3.48. The van der Waals surface area contributed by atoms with E-state index in [0.717, 1.165) is 5.56 Å². The molecule has 0 aliphatic rings. The first kappa shape index (κ1) is 14.3. The number of amides is 1. The van der Waals surface area contributed by atoms with Crippen LogP contribution in [-0.4, -0.2) is 5.91 Å². The topological polar surface area (TPSA) is 55.1 Å². The monoisotopic (exact) mass is 268 g/mol. The molecule has 20 heavy (non-hydrogen) atoms. The molecule has 3 heteroatoms. The van der Waals surface area contributed by atoms with Crippen LogP contribution in [0.25, 0.3) is 0 Å². The van der Waals surface area contributed by atoms with Crippen LogP contribution in [0.15, 0.2) is 48.5 Å². The Morgan fingerprint density at radius 2 is 1.95 bits per heavy atom. The summed E-state index contributed by atoms with van der Waals surface area (Å²) < 4.78 is 0. The van der Waals surface area contributed by atoms with Crippen LogP contribution in [0, 0.1) is 6.92 Å². The molecule has 0 aliphatic carbocycles. The van der Waals surface area contributed by atoms with E-state index in [1.54, 1.807) is 6.07 Å². The van der Waals surface area contributed by atoms with Gasteiger partial charge in [-0.05, 0) is 42.7 Å². The highest BCUT2D eigenvalue weighted by Gasteiger charge is 2.07. The molecule has 104 valence electrons. The van der Waals surface area contributed by atoms with Crippen molar-refractivity contribution in [2.24, 2.45) is 5.73 Å². The minimum atomic E-state index is -0.390. The van der Waals surface area contributed by atoms with E-state index in [1.807, 2.05) is 30.3 Å². The molecule has 0 saturated heterocycles. The van der Waals surface area contributed by atoms with E-state index in [0.29, 0.717) is 12.1 Å². The Hall–Kier alpha value is -2.13. The average Bonchev–Trinajstić information content (AvgIpc) is 2.45. The van der Waals surface area contributed by atoms with Gasteiger partial charge in [0.15, 0.2) is 0 Å². The van der Waals surface area contributed by atoms with Gasteiger partial charge in [-0.15, -0.1) is 0 Å². The Bertz CT molecular complexity index is 607. The van der Waals surface area contributed by atoms with Gasteiger partial charge in [-0.3, -0.25) is 4.79 Å². The van der Waals surface area contributed by atoms with Crippen molar-refractivity contribution in [3.8, 4) is 0 Å². The molecular weight excluding hydrogens is 248 g/mol. The van der Waals surface area contributed by atoms with E-state index >= 15 is 0 Å². The van der Waals surface area contributed by atoms with Gasteiger partial charge in [0.1, 0.15) is 0 Å². The van der Waals surface area contributed by atoms with Gasteiger partial charge in [0.2, 0.25) is 5.91 Å². The quantitative estimate of drug-likeness (QED) is 0.876. The molecule has 0 aliphatic heterocycles. The number of rotatable bonds is 5. The van der Waals surface area contributed by atoms with E-state index in [2.05, 4.69) is 31.3 Å². The minimum Gasteiger partial charge on any atom is -0.366 e. The maximum Gasteiger partial charge on any atom is 0.248 e. The number of aryl methyl sites for hydroxylation is 1. The Morgan fingerprint density at radius 1 is 1.20 bits per heavy atom. The number of primary amides is 1. The third kappa shape index (κ3) is 3.45. The molecule has 0 spiro atoms. The van der Waals surface area contributed by atoms with Gasteiger partial charge < -0.3 is 11.1 Å². The Kier molecular flexibility index (Phi) is 4.53. The predicted molar refractivity (Wildman–Crippen MR) is 81.4 cm³/mol. The maximum atomic E-state index is 11.2. The highest BCUT2D eigenvalue weighted by Crippen LogP contribution is 2.17. The lowest BCUT2D eigenvalue weighted by Gasteiger charge is -2.16. The van der Waals surface area contributed by atoms with Crippen molar-refractivity contribution in [1.29, 1.82) is 0 Å². The number of carbonyl (C=O) groups excluding carboxylic acids is 1. The van der Waals surface area contributed by atoms with Crippen molar-refractivity contribution in [3.05, 3.63) is 70.8 Å². The molecule has 3 nitrogen and oxygen atoms in total. The summed E-state index contributed by atoms with van der Waals surface area (Å²) in [6.45, 7) is 4.96. The Balaban J connectivity index is 2.04. The number of nitrogens with two attached hydrogens (primary N) is 1. The fourth-order valence-electron chi connectivity index (χ4n) is 2.29. The summed E-state index contributed by atoms with van der Waals surface area (Å²) in [5.41, 5.74) is 9.46. The zero-order chi connectivity index (χ0) is 14.5. The fraction of sp³-hybridized carbons (Fsp3) is 0.235. The minimum absolute atomic E-state index is 0.258. The van der Waals surface area contributed by atoms with Crippen molar-refractivity contribution in [3.63, 3.8) is 0 Å². The van der Waals surface area contributed by atoms with Gasteiger partial charge in [0.05, 0.1) is 0 Å². The molecule has 1 amide bonds. The fourth-order valence-corrected chi connectivity index (χ4v) is 2.29. The molecule has 2 aromatic carbocycles. The molecule has 0 aromatic heterocycles. The Morgan fingerprint density at radius 3 is 2.65 bits per heavy atom. The summed E-state index contributed by atoms with van der Waals surface area (Å²) in [7, 11) is 0. The summed E-state index contributed by atoms with van der Waals surface area (Å²) in [6.07, 6.45) is 0. The van der Waals surface area contributed by atoms with Crippen molar-refractivity contribution in [2.45, 2.75) is 26.4 Å². The van der Waals surface area contributed by atoms with Crippen molar-refractivity contribution in [1.82, 2.24) is 5.32 Å². The number of hydrogen-bond donors (Lipinski definition) is 2. The summed E-state index contributed by atoms with van der Waals surface area (Å²) >= 11 is 0. The van der Waals surface area contributed by atoms with Crippen molar-refractivity contribution in [2.75, 3.05) is 0 Å². The first-order valence-electron chi connectivity index (χ1n) is 6.75. The van der Waals surface area contributed by atoms with Crippen LogP contribution in [0.2, 0.25) is 0 Å². The number of nitrogens with one attached hydrogen (secondary N) is 1. The average molecular weight is 268 g/mol. The summed E-state index contributed by atoms with van der Waals surface area (Å²) in [5, 5.41) is 3.47. The van der Waals surface area contributed by atoms with Crippen LogP contribution in [0.4, 0.5) is 0 Å². The second-order valence-corrected chi connectivity index (χ2v) is 5.02. The highest BCUT2D eigenvalue weighted by atomic mass is 16.1. The van der Waals surface area contributed by atoms with Crippen LogP contribution in [0.1, 0.15) is 40.0 Å². The van der Waals surface area contributed by atoms with Gasteiger partial charge in [-0.1, -0.05) is 36.4 Å². The van der Waals surface area contributed by atoms with Crippen LogP contribution in [0.5, 0.6) is 0 Å². The second-order valence-electron chi connectivity index (χ2n) is 5.02. The van der Waals surface area contributed by atoms with Gasteiger partial charge in [-0.2, -0.15) is 0 Å². The number of carbonyl (C=O) groups is 1. The number of benzene rings is 2. The first-order valence-corrected chi connectivity index (χ1v) is 6.75. The van der Waals surface area contributed by atoms with Gasteiger partial charge in [0, 0.05) is 18.2 Å². The molecule has 0 radical (unpaired) electrons. The lowest BCUT2D eigenvalue weighted by molar-refractivity contribution is 0.1000. The molecule has 1 atom stereocenters. The van der Waals surface area contributed by atoms with Crippen molar-refractivity contribution < 1.29 is 4.79 Å². The molecule has 0 saturated carbocycles. The number of hydrogen-bond acceptors (Lipinski definition) is 2. The molecule has 2 rings (SSSR count). The summed E-state index contributed by atoms with van der Waals surface area (Å²) in [4.78, 5) is 11.2. The predicted octanol–water partition coefficient (Wildman–Crippen LogP) is 2.94. The second kappa shape index (κ2) is 6.35. The largest absolute Gasteiger partial charge is 0.366 e. The van der Waals surface area contributed by atoms with Gasteiger partial charge in [-0.25, -0.2) is 0 Å². The van der Waals surface area contributed by atoms with E-state index in [-0.39, 0.29) is 11.9 Å². The highest BCUT2D eigenvalue weighted by molar-refractivity contribution is 5.92. The zero-order valence-electron chi connectivity index (χ0n) is 11.9. The smallest absolute Gasteiger partial charge is 0.248 e. The van der Waals surface area contributed by atoms with Crippen molar-refractivity contribution >= 4 is 5.91 Å². The molecule has 0 bridgehead atoms. The molecule has 2 aromatic rings. The van der Waals surface area contributed by atoms with E-state index in [4.69, 9.17) is 5.73 Å². The normalized spacial score (nSPS) is 12.1. The molecule has 3 N–H and O–H groups in total. The van der Waals surface area contributed by atoms with E-state index < -0.39 is 0 Å². The van der Waals surface area contributed by atoms with Crippen LogP contribution < -0.4 is 11.1 Å². The SMILES string of the molecule is Cc1ccccc1C(C)NCc1cccc(C(N)=O)c1. The zero-order valence-corrected chi connectivity index (χ0v) is 11.9. The Labute approximate surface area is 119 Å². The van der Waals surface area contributed by atoms with Crippen LogP contribution in [0.3, 0.4) is 0 Å². The summed E-state index contributed by atoms with van der Waals surface area (Å²) in [6, 6.07) is 16.0. The molecular formula is C17H20N2O. The first-order chi connectivity index (χ1) is 9.58. The standard InChI is InChI=1S/C17H20N2O/c1-12-6-3-4-9-16(12)13(2)19-11-14-7-5-8-15(10-14)17(18)20/h3-10,13,19H,11H2,1-2H3,(H2,18,20). The lowest BCUT2D eigenvalue weighted by Crippen LogP contribution is -2.19. The third-order valence-electron chi connectivity index (χ3n) is 3.48. The van der Waals surface area contributed by atoms with Gasteiger partial charge in [0.25, 0.3) is 0 Å². The summed E-state index contributed by atoms with van der Waals surface area (Å²) in [5.74, 6) is -0.390. The molecule has 1 unspecified atom stereocenters. The molecule has 0 heterocycles. The van der Waals surface area contributed by atoms with Crippen LogP contribution in [-0.2, 0) is 6.54 Å². The molecule has 0 fully saturated rings. The maximum absolute atomic E-state index is 11.2. The van der Waals surface area contributed by atoms with Crippen LogP contribution >= 0.6 is 0 Å². The van der Waals surface area contributed by atoms with Gasteiger partial charge >= 0.3 is 0 Å². The van der Waals surface area contributed by atoms with E-state index in [9.17, 15) is 4.79 Å².